The molecule has 27 heavy (non-hydrogen) atoms. The Morgan fingerprint density at radius 3 is 2.00 bits per heavy atom. The molecule has 0 saturated heterocycles. The number of aromatic nitrogens is 1. The predicted octanol–water partition coefficient (Wildman–Crippen LogP) is 3.70. The van der Waals surface area contributed by atoms with E-state index in [4.69, 9.17) is 4.74 Å². The van der Waals surface area contributed by atoms with Gasteiger partial charge in [0.1, 0.15) is 0 Å². The molecule has 0 fully saturated rings. The van der Waals surface area contributed by atoms with Crippen LogP contribution in [0.5, 0.6) is 0 Å². The van der Waals surface area contributed by atoms with Gasteiger partial charge in [-0.25, -0.2) is 4.79 Å². The summed E-state index contributed by atoms with van der Waals surface area (Å²) in [5.41, 5.74) is 4.25. The normalized spacial score (nSPS) is 12.5. The highest BCUT2D eigenvalue weighted by Gasteiger charge is 2.26. The molecule has 2 heterocycles. The van der Waals surface area contributed by atoms with Gasteiger partial charge in [0.25, 0.3) is 5.91 Å². The molecular formula is C22H18N2O3. The van der Waals surface area contributed by atoms with Crippen molar-refractivity contribution in [3.8, 4) is 0 Å². The molecular weight excluding hydrogens is 340 g/mol. The summed E-state index contributed by atoms with van der Waals surface area (Å²) < 4.78 is 5.26. The Labute approximate surface area is 157 Å². The first kappa shape index (κ1) is 17.0. The van der Waals surface area contributed by atoms with Crippen molar-refractivity contribution in [2.24, 2.45) is 0 Å². The number of nitrogens with zero attached hydrogens (tertiary/aromatic N) is 2. The summed E-state index contributed by atoms with van der Waals surface area (Å²) in [5, 5.41) is 0. The van der Waals surface area contributed by atoms with E-state index in [1.54, 1.807) is 17.0 Å². The Bertz CT molecular complexity index is 938. The van der Waals surface area contributed by atoms with Crippen LogP contribution in [0.15, 0.2) is 73.1 Å². The van der Waals surface area contributed by atoms with E-state index in [0.29, 0.717) is 5.56 Å². The Hall–Kier alpha value is -3.47. The maximum Gasteiger partial charge on any atom is 0.338 e. The van der Waals surface area contributed by atoms with E-state index in [2.05, 4.69) is 4.98 Å². The highest BCUT2D eigenvalue weighted by molar-refractivity contribution is 6.04. The third-order valence-corrected chi connectivity index (χ3v) is 4.62. The molecule has 0 spiro atoms. The van der Waals surface area contributed by atoms with Crippen molar-refractivity contribution >= 4 is 23.3 Å². The SMILES string of the molecule is O=C(OCC(=O)N1c2ccccc2CCc2ccccc21)c1ccncc1. The number of esters is 1. The standard InChI is InChI=1S/C22H18N2O3/c25-21(15-27-22(26)18-11-13-23-14-12-18)24-19-7-3-1-5-16(19)9-10-17-6-2-4-8-20(17)24/h1-8,11-14H,9-10,15H2. The lowest BCUT2D eigenvalue weighted by Crippen LogP contribution is -2.31. The van der Waals surface area contributed by atoms with Gasteiger partial charge in [-0.3, -0.25) is 14.7 Å². The van der Waals surface area contributed by atoms with Crippen LogP contribution in [0.1, 0.15) is 21.5 Å². The average molecular weight is 358 g/mol. The lowest BCUT2D eigenvalue weighted by Gasteiger charge is -2.24. The van der Waals surface area contributed by atoms with Gasteiger partial charge in [-0.1, -0.05) is 36.4 Å². The Morgan fingerprint density at radius 2 is 1.41 bits per heavy atom. The van der Waals surface area contributed by atoms with Crippen molar-refractivity contribution in [3.05, 3.63) is 89.7 Å². The summed E-state index contributed by atoms with van der Waals surface area (Å²) >= 11 is 0. The van der Waals surface area contributed by atoms with Crippen molar-refractivity contribution in [2.75, 3.05) is 11.5 Å². The number of benzene rings is 2. The van der Waals surface area contributed by atoms with Gasteiger partial charge >= 0.3 is 5.97 Å². The van der Waals surface area contributed by atoms with Gasteiger partial charge < -0.3 is 4.74 Å². The van der Waals surface area contributed by atoms with Crippen molar-refractivity contribution in [2.45, 2.75) is 12.8 Å². The molecule has 2 aromatic carbocycles. The molecule has 1 aliphatic heterocycles. The van der Waals surface area contributed by atoms with E-state index in [9.17, 15) is 9.59 Å². The molecule has 0 saturated carbocycles. The number of carbonyl (C=O) groups excluding carboxylic acids is 2. The molecule has 4 rings (SSSR count). The van der Waals surface area contributed by atoms with E-state index in [0.717, 1.165) is 35.3 Å². The van der Waals surface area contributed by atoms with Gasteiger partial charge in [0.2, 0.25) is 0 Å². The van der Waals surface area contributed by atoms with Crippen LogP contribution in [0, 0.1) is 0 Å². The minimum atomic E-state index is -0.540. The summed E-state index contributed by atoms with van der Waals surface area (Å²) in [4.78, 5) is 30.8. The largest absolute Gasteiger partial charge is 0.452 e. The van der Waals surface area contributed by atoms with Crippen molar-refractivity contribution in [1.82, 2.24) is 4.98 Å². The Morgan fingerprint density at radius 1 is 0.852 bits per heavy atom. The van der Waals surface area contributed by atoms with Gasteiger partial charge in [-0.15, -0.1) is 0 Å². The van der Waals surface area contributed by atoms with Crippen LogP contribution >= 0.6 is 0 Å². The number of hydrogen-bond acceptors (Lipinski definition) is 4. The maximum atomic E-state index is 13.0. The Kier molecular flexibility index (Phi) is 4.66. The molecule has 0 bridgehead atoms. The second kappa shape index (κ2) is 7.41. The first-order chi connectivity index (χ1) is 13.2. The fourth-order valence-electron chi connectivity index (χ4n) is 3.31. The van der Waals surface area contributed by atoms with Crippen molar-refractivity contribution < 1.29 is 14.3 Å². The number of pyridine rings is 1. The molecule has 0 atom stereocenters. The number of aryl methyl sites for hydroxylation is 2. The molecule has 5 nitrogen and oxygen atoms in total. The highest BCUT2D eigenvalue weighted by atomic mass is 16.5. The van der Waals surface area contributed by atoms with Crippen LogP contribution in [-0.4, -0.2) is 23.5 Å². The third-order valence-electron chi connectivity index (χ3n) is 4.62. The number of para-hydroxylation sites is 2. The number of ether oxygens (including phenoxy) is 1. The lowest BCUT2D eigenvalue weighted by molar-refractivity contribution is -0.120. The van der Waals surface area contributed by atoms with Crippen LogP contribution in [0.3, 0.4) is 0 Å². The van der Waals surface area contributed by atoms with E-state index in [1.165, 1.54) is 12.4 Å². The van der Waals surface area contributed by atoms with Crippen LogP contribution in [0.4, 0.5) is 11.4 Å². The topological polar surface area (TPSA) is 59.5 Å². The second-order valence-electron chi connectivity index (χ2n) is 6.30. The van der Waals surface area contributed by atoms with Gasteiger partial charge in [-0.2, -0.15) is 0 Å². The fraction of sp³-hybridized carbons (Fsp3) is 0.136. The van der Waals surface area contributed by atoms with Gasteiger partial charge in [0.15, 0.2) is 6.61 Å². The summed E-state index contributed by atoms with van der Waals surface area (Å²) in [7, 11) is 0. The quantitative estimate of drug-likeness (QED) is 0.670. The number of rotatable bonds is 3. The summed E-state index contributed by atoms with van der Waals surface area (Å²) in [6.07, 6.45) is 4.74. The molecule has 0 aliphatic carbocycles. The minimum absolute atomic E-state index is 0.279. The van der Waals surface area contributed by atoms with Crippen LogP contribution in [0.25, 0.3) is 0 Å². The van der Waals surface area contributed by atoms with E-state index < -0.39 is 5.97 Å². The lowest BCUT2D eigenvalue weighted by atomic mass is 10.0. The van der Waals surface area contributed by atoms with Crippen LogP contribution in [-0.2, 0) is 22.4 Å². The molecule has 3 aromatic rings. The molecule has 5 heteroatoms. The summed E-state index contributed by atoms with van der Waals surface area (Å²) in [6.45, 7) is -0.330. The van der Waals surface area contributed by atoms with E-state index in [-0.39, 0.29) is 12.5 Å². The van der Waals surface area contributed by atoms with Gasteiger partial charge in [0, 0.05) is 12.4 Å². The van der Waals surface area contributed by atoms with E-state index >= 15 is 0 Å². The first-order valence-corrected chi connectivity index (χ1v) is 8.80. The molecule has 0 unspecified atom stereocenters. The van der Waals surface area contributed by atoms with Gasteiger partial charge in [-0.05, 0) is 48.2 Å². The zero-order valence-corrected chi connectivity index (χ0v) is 14.7. The summed E-state index contributed by atoms with van der Waals surface area (Å²) in [6, 6.07) is 18.8. The average Bonchev–Trinajstić information content (AvgIpc) is 2.89. The molecule has 1 aromatic heterocycles. The minimum Gasteiger partial charge on any atom is -0.452 e. The number of hydrogen-bond donors (Lipinski definition) is 0. The van der Waals surface area contributed by atoms with Crippen molar-refractivity contribution in [1.29, 1.82) is 0 Å². The van der Waals surface area contributed by atoms with E-state index in [1.807, 2.05) is 48.5 Å². The number of fused-ring (bicyclic) bond motifs is 2. The van der Waals surface area contributed by atoms with Crippen LogP contribution in [0.2, 0.25) is 0 Å². The predicted molar refractivity (Wildman–Crippen MR) is 102 cm³/mol. The smallest absolute Gasteiger partial charge is 0.338 e. The maximum absolute atomic E-state index is 13.0. The second-order valence-corrected chi connectivity index (χ2v) is 6.30. The number of amides is 1. The number of carbonyl (C=O) groups is 2. The first-order valence-electron chi connectivity index (χ1n) is 8.80. The third kappa shape index (κ3) is 3.44. The van der Waals surface area contributed by atoms with Crippen molar-refractivity contribution in [3.63, 3.8) is 0 Å². The highest BCUT2D eigenvalue weighted by Crippen LogP contribution is 2.35. The molecule has 1 aliphatic rings. The zero-order chi connectivity index (χ0) is 18.6. The molecule has 134 valence electrons. The summed E-state index contributed by atoms with van der Waals surface area (Å²) in [5.74, 6) is -0.818. The zero-order valence-electron chi connectivity index (χ0n) is 14.7. The Balaban J connectivity index is 1.62. The monoisotopic (exact) mass is 358 g/mol. The molecule has 1 amide bonds. The number of anilines is 2. The fourth-order valence-corrected chi connectivity index (χ4v) is 3.31. The van der Waals surface area contributed by atoms with Crippen LogP contribution < -0.4 is 4.90 Å². The van der Waals surface area contributed by atoms with Gasteiger partial charge in [0.05, 0.1) is 16.9 Å². The molecule has 0 radical (unpaired) electrons. The molecule has 0 N–H and O–H groups in total.